The quantitative estimate of drug-likeness (QED) is 0.614. The van der Waals surface area contributed by atoms with Gasteiger partial charge in [-0.2, -0.15) is 0 Å². The molecule has 6 nitrogen and oxygen atoms in total. The summed E-state index contributed by atoms with van der Waals surface area (Å²) >= 11 is 1.56. The lowest BCUT2D eigenvalue weighted by Gasteiger charge is -2.26. The summed E-state index contributed by atoms with van der Waals surface area (Å²) in [6, 6.07) is 15.7. The normalized spacial score (nSPS) is 15.8. The zero-order valence-electron chi connectivity index (χ0n) is 17.1. The van der Waals surface area contributed by atoms with E-state index in [-0.39, 0.29) is 12.1 Å². The van der Waals surface area contributed by atoms with Gasteiger partial charge in [-0.3, -0.25) is 0 Å². The van der Waals surface area contributed by atoms with Gasteiger partial charge in [-0.25, -0.2) is 9.78 Å². The molecule has 1 atom stereocenters. The summed E-state index contributed by atoms with van der Waals surface area (Å²) in [7, 11) is 3.29. The Morgan fingerprint density at radius 2 is 2.03 bits per heavy atom. The van der Waals surface area contributed by atoms with Gasteiger partial charge in [-0.05, 0) is 31.0 Å². The van der Waals surface area contributed by atoms with E-state index in [1.54, 1.807) is 25.6 Å². The van der Waals surface area contributed by atoms with E-state index in [1.165, 1.54) is 0 Å². The zero-order valence-corrected chi connectivity index (χ0v) is 17.9. The Morgan fingerprint density at radius 3 is 2.80 bits per heavy atom. The van der Waals surface area contributed by atoms with E-state index in [0.717, 1.165) is 46.2 Å². The average molecular weight is 424 g/mol. The van der Waals surface area contributed by atoms with Gasteiger partial charge < -0.3 is 19.7 Å². The van der Waals surface area contributed by atoms with Gasteiger partial charge in [0.25, 0.3) is 0 Å². The topological polar surface area (TPSA) is 63.7 Å². The van der Waals surface area contributed by atoms with Crippen molar-refractivity contribution in [3.63, 3.8) is 0 Å². The Hall–Kier alpha value is -3.06. The highest BCUT2D eigenvalue weighted by atomic mass is 32.1. The number of carbonyl (C=O) groups is 1. The number of urea groups is 1. The van der Waals surface area contributed by atoms with Crippen LogP contribution in [0.15, 0.2) is 53.9 Å². The molecule has 30 heavy (non-hydrogen) atoms. The summed E-state index contributed by atoms with van der Waals surface area (Å²) in [5.74, 6) is 1.53. The Labute approximate surface area is 180 Å². The van der Waals surface area contributed by atoms with Crippen molar-refractivity contribution in [3.05, 3.63) is 64.5 Å². The fourth-order valence-corrected chi connectivity index (χ4v) is 4.56. The van der Waals surface area contributed by atoms with E-state index >= 15 is 0 Å². The van der Waals surface area contributed by atoms with Crippen LogP contribution in [-0.4, -0.2) is 36.7 Å². The van der Waals surface area contributed by atoms with Crippen LogP contribution >= 0.6 is 11.3 Å². The van der Waals surface area contributed by atoms with Crippen LogP contribution in [0.4, 0.5) is 4.79 Å². The molecule has 4 rings (SSSR count). The van der Waals surface area contributed by atoms with Gasteiger partial charge in [0.15, 0.2) is 0 Å². The molecule has 0 saturated carbocycles. The Morgan fingerprint density at radius 1 is 1.20 bits per heavy atom. The van der Waals surface area contributed by atoms with Crippen molar-refractivity contribution in [2.75, 3.05) is 20.8 Å². The first kappa shape index (κ1) is 20.2. The molecule has 1 N–H and O–H groups in total. The minimum atomic E-state index is -0.0844. The van der Waals surface area contributed by atoms with Gasteiger partial charge >= 0.3 is 6.03 Å². The lowest BCUT2D eigenvalue weighted by molar-refractivity contribution is 0.191. The third kappa shape index (κ3) is 4.26. The number of benzene rings is 2. The highest BCUT2D eigenvalue weighted by Crippen LogP contribution is 2.38. The number of hydrogen-bond donors (Lipinski definition) is 1. The summed E-state index contributed by atoms with van der Waals surface area (Å²) in [6.07, 6.45) is 1.85. The molecule has 1 aliphatic heterocycles. The lowest BCUT2D eigenvalue weighted by atomic mass is 10.0. The molecule has 1 aliphatic rings. The highest BCUT2D eigenvalue weighted by Gasteiger charge is 2.32. The number of thiazole rings is 1. The number of rotatable bonds is 6. The minimum Gasteiger partial charge on any atom is -0.497 e. The van der Waals surface area contributed by atoms with E-state index < -0.39 is 0 Å². The maximum atomic E-state index is 13.0. The summed E-state index contributed by atoms with van der Waals surface area (Å²) in [5.41, 5.74) is 2.99. The van der Waals surface area contributed by atoms with Crippen LogP contribution in [0.3, 0.4) is 0 Å². The number of amides is 2. The monoisotopic (exact) mass is 423 g/mol. The Bertz CT molecular complexity index is 1010. The van der Waals surface area contributed by atoms with E-state index in [2.05, 4.69) is 10.3 Å². The molecular weight excluding hydrogens is 398 g/mol. The van der Waals surface area contributed by atoms with Gasteiger partial charge in [0.05, 0.1) is 32.5 Å². The summed E-state index contributed by atoms with van der Waals surface area (Å²) in [4.78, 5) is 19.5. The predicted molar refractivity (Wildman–Crippen MR) is 118 cm³/mol. The molecule has 2 heterocycles. The van der Waals surface area contributed by atoms with Gasteiger partial charge in [0.1, 0.15) is 16.5 Å². The molecule has 2 amide bonds. The van der Waals surface area contributed by atoms with Crippen LogP contribution in [-0.2, 0) is 6.54 Å². The SMILES string of the molecule is COc1ccc(OC)c(C2CCCN2C(=O)NCc2nc(-c3ccccc3)cs2)c1. The first-order valence-electron chi connectivity index (χ1n) is 9.96. The maximum Gasteiger partial charge on any atom is 0.318 e. The Kier molecular flexibility index (Phi) is 6.18. The van der Waals surface area contributed by atoms with Crippen molar-refractivity contribution >= 4 is 17.4 Å². The average Bonchev–Trinajstić information content (AvgIpc) is 3.47. The standard InChI is InChI=1S/C23H25N3O3S/c1-28-17-10-11-21(29-2)18(13-17)20-9-6-12-26(20)23(27)24-14-22-25-19(15-30-22)16-7-4-3-5-8-16/h3-5,7-8,10-11,13,15,20H,6,9,12,14H2,1-2H3,(H,24,27). The second-order valence-corrected chi connectivity index (χ2v) is 8.05. The summed E-state index contributed by atoms with van der Waals surface area (Å²) in [5, 5.41) is 5.94. The van der Waals surface area contributed by atoms with Crippen molar-refractivity contribution in [1.82, 2.24) is 15.2 Å². The number of methoxy groups -OCH3 is 2. The third-order valence-electron chi connectivity index (χ3n) is 5.32. The molecule has 3 aromatic rings. The van der Waals surface area contributed by atoms with Crippen LogP contribution < -0.4 is 14.8 Å². The second-order valence-electron chi connectivity index (χ2n) is 7.11. The van der Waals surface area contributed by atoms with Crippen LogP contribution in [0.1, 0.15) is 29.5 Å². The zero-order chi connectivity index (χ0) is 20.9. The molecular formula is C23H25N3O3S. The van der Waals surface area contributed by atoms with E-state index in [4.69, 9.17) is 9.47 Å². The molecule has 156 valence electrons. The molecule has 0 radical (unpaired) electrons. The lowest BCUT2D eigenvalue weighted by Crippen LogP contribution is -2.39. The third-order valence-corrected chi connectivity index (χ3v) is 6.17. The largest absolute Gasteiger partial charge is 0.497 e. The van der Waals surface area contributed by atoms with E-state index in [0.29, 0.717) is 13.1 Å². The van der Waals surface area contributed by atoms with E-state index in [1.807, 2.05) is 58.8 Å². The van der Waals surface area contributed by atoms with Gasteiger partial charge in [-0.1, -0.05) is 30.3 Å². The number of likely N-dealkylation sites (tertiary alicyclic amines) is 1. The molecule has 1 unspecified atom stereocenters. The predicted octanol–water partition coefficient (Wildman–Crippen LogP) is 4.87. The number of nitrogens with one attached hydrogen (secondary N) is 1. The fraction of sp³-hybridized carbons (Fsp3) is 0.304. The minimum absolute atomic E-state index is 0.0359. The van der Waals surface area contributed by atoms with Crippen molar-refractivity contribution in [2.24, 2.45) is 0 Å². The van der Waals surface area contributed by atoms with Crippen LogP contribution in [0.5, 0.6) is 11.5 Å². The number of nitrogens with zero attached hydrogens (tertiary/aromatic N) is 2. The molecule has 2 aromatic carbocycles. The molecule has 0 spiro atoms. The summed E-state index contributed by atoms with van der Waals surface area (Å²) in [6.45, 7) is 1.12. The molecule has 1 aromatic heterocycles. The molecule has 1 saturated heterocycles. The van der Waals surface area contributed by atoms with Gasteiger partial charge in [0.2, 0.25) is 0 Å². The van der Waals surface area contributed by atoms with Crippen LogP contribution in [0.25, 0.3) is 11.3 Å². The van der Waals surface area contributed by atoms with Crippen molar-refractivity contribution < 1.29 is 14.3 Å². The van der Waals surface area contributed by atoms with Gasteiger partial charge in [0, 0.05) is 23.1 Å². The van der Waals surface area contributed by atoms with E-state index in [9.17, 15) is 4.79 Å². The Balaban J connectivity index is 1.44. The first-order valence-corrected chi connectivity index (χ1v) is 10.8. The highest BCUT2D eigenvalue weighted by molar-refractivity contribution is 7.09. The molecule has 1 fully saturated rings. The van der Waals surface area contributed by atoms with Crippen molar-refractivity contribution in [1.29, 1.82) is 0 Å². The van der Waals surface area contributed by atoms with Crippen LogP contribution in [0, 0.1) is 0 Å². The molecule has 0 aliphatic carbocycles. The smallest absolute Gasteiger partial charge is 0.318 e. The maximum absolute atomic E-state index is 13.0. The van der Waals surface area contributed by atoms with Crippen LogP contribution in [0.2, 0.25) is 0 Å². The summed E-state index contributed by atoms with van der Waals surface area (Å²) < 4.78 is 10.9. The number of carbonyl (C=O) groups excluding carboxylic acids is 1. The fourth-order valence-electron chi connectivity index (χ4n) is 3.82. The number of ether oxygens (including phenoxy) is 2. The first-order chi connectivity index (χ1) is 14.7. The number of hydrogen-bond acceptors (Lipinski definition) is 5. The second kappa shape index (κ2) is 9.17. The molecule has 0 bridgehead atoms. The van der Waals surface area contributed by atoms with Gasteiger partial charge in [-0.15, -0.1) is 11.3 Å². The number of aromatic nitrogens is 1. The van der Waals surface area contributed by atoms with Crippen molar-refractivity contribution in [2.45, 2.75) is 25.4 Å². The molecule has 7 heteroatoms. The van der Waals surface area contributed by atoms with Crippen molar-refractivity contribution in [3.8, 4) is 22.8 Å².